The van der Waals surface area contributed by atoms with Crippen molar-refractivity contribution in [2.75, 3.05) is 20.7 Å². The molecule has 0 radical (unpaired) electrons. The molecular formula is C21H23NO. The molecule has 0 aromatic heterocycles. The van der Waals surface area contributed by atoms with Gasteiger partial charge in [-0.3, -0.25) is 0 Å². The fraction of sp³-hybridized carbons (Fsp3) is 0.238. The van der Waals surface area contributed by atoms with E-state index in [-0.39, 0.29) is 0 Å². The normalized spacial score (nSPS) is 12.5. The molecular weight excluding hydrogens is 282 g/mol. The standard InChI is InChI=1S/C21H23NO/c1-22(2)20(18-10-4-3-5-11-18)15-16-23-21-14-8-12-17-9-6-7-13-19(17)21/h3-14,20H,15-16H2,1-2H3/t20-/m1/s1. The van der Waals surface area contributed by atoms with E-state index in [9.17, 15) is 0 Å². The summed E-state index contributed by atoms with van der Waals surface area (Å²) in [5, 5.41) is 2.40. The molecule has 0 saturated heterocycles. The molecule has 0 bridgehead atoms. The Balaban J connectivity index is 1.70. The van der Waals surface area contributed by atoms with Gasteiger partial charge in [0.2, 0.25) is 0 Å². The van der Waals surface area contributed by atoms with E-state index < -0.39 is 0 Å². The minimum atomic E-state index is 0.367. The predicted octanol–water partition coefficient (Wildman–Crippen LogP) is 4.91. The number of ether oxygens (including phenoxy) is 1. The molecule has 0 heterocycles. The highest BCUT2D eigenvalue weighted by molar-refractivity contribution is 5.88. The first kappa shape index (κ1) is 15.6. The van der Waals surface area contributed by atoms with Crippen LogP contribution in [-0.2, 0) is 0 Å². The molecule has 1 atom stereocenters. The third-order valence-electron chi connectivity index (χ3n) is 4.21. The SMILES string of the molecule is CN(C)[C@H](CCOc1cccc2ccccc12)c1ccccc1. The summed E-state index contributed by atoms with van der Waals surface area (Å²) < 4.78 is 6.09. The molecule has 3 aromatic rings. The van der Waals surface area contributed by atoms with Gasteiger partial charge in [-0.15, -0.1) is 0 Å². The van der Waals surface area contributed by atoms with Gasteiger partial charge in [0.25, 0.3) is 0 Å². The zero-order valence-electron chi connectivity index (χ0n) is 13.8. The Bertz CT molecular complexity index is 747. The molecule has 0 saturated carbocycles. The fourth-order valence-corrected chi connectivity index (χ4v) is 3.00. The molecule has 0 N–H and O–H groups in total. The molecule has 0 unspecified atom stereocenters. The summed E-state index contributed by atoms with van der Waals surface area (Å²) in [4.78, 5) is 2.25. The van der Waals surface area contributed by atoms with Crippen LogP contribution in [0.3, 0.4) is 0 Å². The number of benzene rings is 3. The highest BCUT2D eigenvalue weighted by Gasteiger charge is 2.14. The molecule has 0 spiro atoms. The average Bonchev–Trinajstić information content (AvgIpc) is 2.59. The van der Waals surface area contributed by atoms with Crippen molar-refractivity contribution in [3.63, 3.8) is 0 Å². The second kappa shape index (κ2) is 7.30. The Labute approximate surface area is 138 Å². The maximum Gasteiger partial charge on any atom is 0.127 e. The summed E-state index contributed by atoms with van der Waals surface area (Å²) in [6.45, 7) is 0.700. The van der Waals surface area contributed by atoms with Gasteiger partial charge in [-0.05, 0) is 31.1 Å². The zero-order valence-corrected chi connectivity index (χ0v) is 13.8. The highest BCUT2D eigenvalue weighted by Crippen LogP contribution is 2.27. The Kier molecular flexibility index (Phi) is 4.94. The molecule has 0 aliphatic rings. The van der Waals surface area contributed by atoms with Gasteiger partial charge in [0.1, 0.15) is 5.75 Å². The van der Waals surface area contributed by atoms with E-state index in [0.717, 1.165) is 12.2 Å². The molecule has 2 nitrogen and oxygen atoms in total. The van der Waals surface area contributed by atoms with Gasteiger partial charge in [-0.1, -0.05) is 66.7 Å². The predicted molar refractivity (Wildman–Crippen MR) is 96.9 cm³/mol. The second-order valence-electron chi connectivity index (χ2n) is 6.00. The van der Waals surface area contributed by atoms with Crippen LogP contribution < -0.4 is 4.74 Å². The van der Waals surface area contributed by atoms with Gasteiger partial charge in [-0.2, -0.15) is 0 Å². The van der Waals surface area contributed by atoms with Gasteiger partial charge in [0.05, 0.1) is 6.61 Å². The van der Waals surface area contributed by atoms with Gasteiger partial charge < -0.3 is 9.64 Å². The van der Waals surface area contributed by atoms with Crippen molar-refractivity contribution in [1.29, 1.82) is 0 Å². The Morgan fingerprint density at radius 2 is 1.52 bits per heavy atom. The number of fused-ring (bicyclic) bond motifs is 1. The van der Waals surface area contributed by atoms with Crippen molar-refractivity contribution >= 4 is 10.8 Å². The van der Waals surface area contributed by atoms with E-state index in [1.165, 1.54) is 16.3 Å². The minimum absolute atomic E-state index is 0.367. The van der Waals surface area contributed by atoms with Gasteiger partial charge in [0.15, 0.2) is 0 Å². The van der Waals surface area contributed by atoms with E-state index in [1.807, 2.05) is 0 Å². The van der Waals surface area contributed by atoms with Gasteiger partial charge >= 0.3 is 0 Å². The van der Waals surface area contributed by atoms with Crippen LogP contribution >= 0.6 is 0 Å². The van der Waals surface area contributed by atoms with Crippen LogP contribution in [0.15, 0.2) is 72.8 Å². The topological polar surface area (TPSA) is 12.5 Å². The van der Waals surface area contributed by atoms with Crippen molar-refractivity contribution in [3.05, 3.63) is 78.4 Å². The number of nitrogens with zero attached hydrogens (tertiary/aromatic N) is 1. The molecule has 0 amide bonds. The number of hydrogen-bond acceptors (Lipinski definition) is 2. The molecule has 23 heavy (non-hydrogen) atoms. The van der Waals surface area contributed by atoms with Gasteiger partial charge in [0, 0.05) is 17.8 Å². The maximum atomic E-state index is 6.09. The second-order valence-corrected chi connectivity index (χ2v) is 6.00. The molecule has 3 aromatic carbocycles. The van der Waals surface area contributed by atoms with E-state index in [0.29, 0.717) is 12.6 Å². The van der Waals surface area contributed by atoms with Crippen molar-refractivity contribution in [2.24, 2.45) is 0 Å². The summed E-state index contributed by atoms with van der Waals surface area (Å²) in [5.41, 5.74) is 1.33. The molecule has 0 fully saturated rings. The van der Waals surface area contributed by atoms with E-state index in [1.54, 1.807) is 0 Å². The lowest BCUT2D eigenvalue weighted by molar-refractivity contribution is 0.225. The Hall–Kier alpha value is -2.32. The monoisotopic (exact) mass is 305 g/mol. The van der Waals surface area contributed by atoms with Crippen molar-refractivity contribution in [3.8, 4) is 5.75 Å². The third kappa shape index (κ3) is 3.72. The van der Waals surface area contributed by atoms with Crippen molar-refractivity contribution in [2.45, 2.75) is 12.5 Å². The zero-order chi connectivity index (χ0) is 16.1. The van der Waals surface area contributed by atoms with Gasteiger partial charge in [-0.25, -0.2) is 0 Å². The average molecular weight is 305 g/mol. The molecule has 0 aliphatic heterocycles. The van der Waals surface area contributed by atoms with Crippen LogP contribution in [0.4, 0.5) is 0 Å². The minimum Gasteiger partial charge on any atom is -0.493 e. The van der Waals surface area contributed by atoms with E-state index in [2.05, 4.69) is 91.8 Å². The van der Waals surface area contributed by atoms with E-state index >= 15 is 0 Å². The first-order valence-electron chi connectivity index (χ1n) is 8.07. The summed E-state index contributed by atoms with van der Waals surface area (Å²) in [6, 6.07) is 25.6. The molecule has 0 aliphatic carbocycles. The van der Waals surface area contributed by atoms with E-state index in [4.69, 9.17) is 4.74 Å². The summed E-state index contributed by atoms with van der Waals surface area (Å²) >= 11 is 0. The number of rotatable bonds is 6. The third-order valence-corrected chi connectivity index (χ3v) is 4.21. The molecule has 2 heteroatoms. The van der Waals surface area contributed by atoms with Crippen molar-refractivity contribution < 1.29 is 4.74 Å². The van der Waals surface area contributed by atoms with Crippen LogP contribution in [-0.4, -0.2) is 25.6 Å². The van der Waals surface area contributed by atoms with Crippen LogP contribution in [0, 0.1) is 0 Å². The highest BCUT2D eigenvalue weighted by atomic mass is 16.5. The fourth-order valence-electron chi connectivity index (χ4n) is 3.00. The lowest BCUT2D eigenvalue weighted by Gasteiger charge is -2.25. The first-order valence-corrected chi connectivity index (χ1v) is 8.07. The summed E-state index contributed by atoms with van der Waals surface area (Å²) in [5.74, 6) is 0.966. The molecule has 3 rings (SSSR count). The lowest BCUT2D eigenvalue weighted by atomic mass is 10.0. The Morgan fingerprint density at radius 3 is 2.30 bits per heavy atom. The van der Waals surface area contributed by atoms with Crippen LogP contribution in [0.1, 0.15) is 18.0 Å². The Morgan fingerprint density at radius 1 is 0.826 bits per heavy atom. The van der Waals surface area contributed by atoms with Crippen LogP contribution in [0.25, 0.3) is 10.8 Å². The molecule has 118 valence electrons. The summed E-state index contributed by atoms with van der Waals surface area (Å²) in [6.07, 6.45) is 0.959. The number of hydrogen-bond donors (Lipinski definition) is 0. The lowest BCUT2D eigenvalue weighted by Crippen LogP contribution is -2.22. The van der Waals surface area contributed by atoms with Crippen LogP contribution in [0.5, 0.6) is 5.75 Å². The first-order chi connectivity index (χ1) is 11.3. The van der Waals surface area contributed by atoms with Crippen LogP contribution in [0.2, 0.25) is 0 Å². The summed E-state index contributed by atoms with van der Waals surface area (Å²) in [7, 11) is 4.24. The quantitative estimate of drug-likeness (QED) is 0.641. The smallest absolute Gasteiger partial charge is 0.127 e. The largest absolute Gasteiger partial charge is 0.493 e. The van der Waals surface area contributed by atoms with Crippen molar-refractivity contribution in [1.82, 2.24) is 4.90 Å². The maximum absolute atomic E-state index is 6.09.